The summed E-state index contributed by atoms with van der Waals surface area (Å²) < 4.78 is 10.8. The molecule has 0 heterocycles. The first-order valence-electron chi connectivity index (χ1n) is 13.0. The smallest absolute Gasteiger partial charge is 0.243 e. The zero-order chi connectivity index (χ0) is 27.7. The first-order valence-corrected chi connectivity index (χ1v) is 13.0. The minimum absolute atomic E-state index is 0.0775. The van der Waals surface area contributed by atoms with Gasteiger partial charge in [0.25, 0.3) is 0 Å². The third kappa shape index (κ3) is 8.37. The van der Waals surface area contributed by atoms with Crippen molar-refractivity contribution in [1.29, 1.82) is 0 Å². The van der Waals surface area contributed by atoms with Crippen LogP contribution in [0, 0.1) is 6.92 Å². The lowest BCUT2D eigenvalue weighted by Gasteiger charge is -2.34. The number of aryl methyl sites for hydroxylation is 2. The molecule has 6 heteroatoms. The van der Waals surface area contributed by atoms with Crippen LogP contribution < -0.4 is 14.8 Å². The zero-order valence-corrected chi connectivity index (χ0v) is 23.4. The summed E-state index contributed by atoms with van der Waals surface area (Å²) in [6, 6.07) is 23.0. The second-order valence-electron chi connectivity index (χ2n) is 10.6. The molecule has 0 aromatic heterocycles. The van der Waals surface area contributed by atoms with E-state index in [0.717, 1.165) is 22.3 Å². The van der Waals surface area contributed by atoms with Crippen LogP contribution in [0.1, 0.15) is 49.4 Å². The number of hydrogen-bond donors (Lipinski definition) is 1. The number of carbonyl (C=O) groups is 2. The molecule has 1 N–H and O–H groups in total. The van der Waals surface area contributed by atoms with Gasteiger partial charge in [-0.2, -0.15) is 0 Å². The fraction of sp³-hybridized carbons (Fsp3) is 0.375. The van der Waals surface area contributed by atoms with Crippen molar-refractivity contribution in [3.05, 3.63) is 95.1 Å². The Kier molecular flexibility index (Phi) is 9.94. The van der Waals surface area contributed by atoms with Crippen LogP contribution in [0.2, 0.25) is 0 Å². The van der Waals surface area contributed by atoms with Gasteiger partial charge in [-0.15, -0.1) is 0 Å². The van der Waals surface area contributed by atoms with E-state index in [0.29, 0.717) is 30.9 Å². The van der Waals surface area contributed by atoms with Gasteiger partial charge in [0.15, 0.2) is 11.5 Å². The molecule has 2 amide bonds. The Balaban J connectivity index is 1.93. The molecule has 3 aromatic carbocycles. The lowest BCUT2D eigenvalue weighted by molar-refractivity contribution is -0.141. The molecule has 0 unspecified atom stereocenters. The molecule has 1 atom stereocenters. The van der Waals surface area contributed by atoms with Crippen LogP contribution in [-0.4, -0.2) is 42.5 Å². The van der Waals surface area contributed by atoms with Gasteiger partial charge in [0.05, 0.1) is 14.2 Å². The number of ether oxygens (including phenoxy) is 2. The molecule has 0 spiro atoms. The summed E-state index contributed by atoms with van der Waals surface area (Å²) in [6.07, 6.45) is 1.20. The van der Waals surface area contributed by atoms with Crippen LogP contribution in [0.15, 0.2) is 72.8 Å². The predicted molar refractivity (Wildman–Crippen MR) is 151 cm³/mol. The van der Waals surface area contributed by atoms with Crippen LogP contribution in [0.5, 0.6) is 11.5 Å². The lowest BCUT2D eigenvalue weighted by atomic mass is 9.99. The van der Waals surface area contributed by atoms with E-state index in [-0.39, 0.29) is 18.2 Å². The molecule has 0 aliphatic carbocycles. The number of nitrogens with one attached hydrogen (secondary N) is 1. The van der Waals surface area contributed by atoms with Gasteiger partial charge in [-0.25, -0.2) is 0 Å². The largest absolute Gasteiger partial charge is 0.493 e. The standard InChI is InChI=1S/C32H40N2O4/c1-23-11-10-14-26(19-23)22-34(30(35)18-16-25-15-17-28(37-5)29(21-25)38-6)27(31(36)33-32(2,3)4)20-24-12-8-7-9-13-24/h7-15,17,19,21,27H,16,18,20,22H2,1-6H3,(H,33,36)/t27-/m0/s1. The second-order valence-corrected chi connectivity index (χ2v) is 10.6. The van der Waals surface area contributed by atoms with Crippen molar-refractivity contribution in [2.24, 2.45) is 0 Å². The first-order chi connectivity index (χ1) is 18.1. The molecule has 6 nitrogen and oxygen atoms in total. The number of nitrogens with zero attached hydrogens (tertiary/aromatic N) is 1. The van der Waals surface area contributed by atoms with Crippen molar-refractivity contribution >= 4 is 11.8 Å². The van der Waals surface area contributed by atoms with E-state index in [1.54, 1.807) is 19.1 Å². The summed E-state index contributed by atoms with van der Waals surface area (Å²) in [5.41, 5.74) is 3.64. The molecular formula is C32H40N2O4. The summed E-state index contributed by atoms with van der Waals surface area (Å²) in [4.78, 5) is 29.3. The molecule has 38 heavy (non-hydrogen) atoms. The molecule has 0 saturated heterocycles. The minimum atomic E-state index is -0.657. The Bertz CT molecular complexity index is 1220. The van der Waals surface area contributed by atoms with Crippen molar-refractivity contribution in [2.75, 3.05) is 14.2 Å². The van der Waals surface area contributed by atoms with Crippen molar-refractivity contribution in [1.82, 2.24) is 10.2 Å². The molecule has 0 bridgehead atoms. The van der Waals surface area contributed by atoms with Crippen LogP contribution in [0.3, 0.4) is 0 Å². The lowest BCUT2D eigenvalue weighted by Crippen LogP contribution is -2.54. The van der Waals surface area contributed by atoms with Gasteiger partial charge in [0.2, 0.25) is 11.8 Å². The van der Waals surface area contributed by atoms with Crippen molar-refractivity contribution in [3.63, 3.8) is 0 Å². The summed E-state index contributed by atoms with van der Waals surface area (Å²) in [5.74, 6) is 1.03. The number of amides is 2. The molecule has 0 saturated carbocycles. The van der Waals surface area contributed by atoms with Gasteiger partial charge in [0, 0.05) is 24.9 Å². The molecule has 0 aliphatic heterocycles. The van der Waals surface area contributed by atoms with Crippen molar-refractivity contribution < 1.29 is 19.1 Å². The quantitative estimate of drug-likeness (QED) is 0.365. The average molecular weight is 517 g/mol. The topological polar surface area (TPSA) is 67.9 Å². The monoisotopic (exact) mass is 516 g/mol. The average Bonchev–Trinajstić information content (AvgIpc) is 2.88. The van der Waals surface area contributed by atoms with E-state index in [1.165, 1.54) is 0 Å². The minimum Gasteiger partial charge on any atom is -0.493 e. The van der Waals surface area contributed by atoms with Crippen LogP contribution in [0.4, 0.5) is 0 Å². The molecule has 3 rings (SSSR count). The van der Waals surface area contributed by atoms with Crippen LogP contribution >= 0.6 is 0 Å². The number of methoxy groups -OCH3 is 2. The van der Waals surface area contributed by atoms with E-state index in [9.17, 15) is 9.59 Å². The highest BCUT2D eigenvalue weighted by molar-refractivity contribution is 5.88. The maximum absolute atomic E-state index is 13.9. The number of benzene rings is 3. The van der Waals surface area contributed by atoms with E-state index < -0.39 is 11.6 Å². The Labute approximate surface area is 227 Å². The van der Waals surface area contributed by atoms with Crippen molar-refractivity contribution in [3.8, 4) is 11.5 Å². The fourth-order valence-electron chi connectivity index (χ4n) is 4.45. The van der Waals surface area contributed by atoms with Gasteiger partial charge in [0.1, 0.15) is 6.04 Å². The Morgan fingerprint density at radius 1 is 0.842 bits per heavy atom. The van der Waals surface area contributed by atoms with Gasteiger partial charge >= 0.3 is 0 Å². The maximum atomic E-state index is 13.9. The first kappa shape index (κ1) is 28.8. The highest BCUT2D eigenvalue weighted by Crippen LogP contribution is 2.28. The molecular weight excluding hydrogens is 476 g/mol. The second kappa shape index (κ2) is 13.1. The number of rotatable bonds is 11. The van der Waals surface area contributed by atoms with Gasteiger partial charge in [-0.05, 0) is 62.9 Å². The van der Waals surface area contributed by atoms with Crippen LogP contribution in [0.25, 0.3) is 0 Å². The SMILES string of the molecule is COc1ccc(CCC(=O)N(Cc2cccc(C)c2)[C@@H](Cc2ccccc2)C(=O)NC(C)(C)C)cc1OC. The van der Waals surface area contributed by atoms with E-state index in [2.05, 4.69) is 11.4 Å². The molecule has 0 radical (unpaired) electrons. The molecule has 3 aromatic rings. The van der Waals surface area contributed by atoms with Crippen LogP contribution in [-0.2, 0) is 29.0 Å². The third-order valence-electron chi connectivity index (χ3n) is 6.28. The van der Waals surface area contributed by atoms with Crippen molar-refractivity contribution in [2.45, 2.75) is 65.1 Å². The molecule has 0 fully saturated rings. The Hall–Kier alpha value is -3.80. The van der Waals surface area contributed by atoms with E-state index in [4.69, 9.17) is 9.47 Å². The van der Waals surface area contributed by atoms with Gasteiger partial charge in [-0.1, -0.05) is 66.2 Å². The number of carbonyl (C=O) groups excluding carboxylic acids is 2. The highest BCUT2D eigenvalue weighted by atomic mass is 16.5. The summed E-state index contributed by atoms with van der Waals surface area (Å²) in [7, 11) is 3.19. The maximum Gasteiger partial charge on any atom is 0.243 e. The highest BCUT2D eigenvalue weighted by Gasteiger charge is 2.32. The van der Waals surface area contributed by atoms with Gasteiger partial charge in [-0.3, -0.25) is 9.59 Å². The molecule has 202 valence electrons. The summed E-state index contributed by atoms with van der Waals surface area (Å²) >= 11 is 0. The fourth-order valence-corrected chi connectivity index (χ4v) is 4.45. The zero-order valence-electron chi connectivity index (χ0n) is 23.4. The summed E-state index contributed by atoms with van der Waals surface area (Å²) in [6.45, 7) is 8.23. The number of hydrogen-bond acceptors (Lipinski definition) is 4. The third-order valence-corrected chi connectivity index (χ3v) is 6.28. The van der Waals surface area contributed by atoms with Gasteiger partial charge < -0.3 is 19.7 Å². The van der Waals surface area contributed by atoms with E-state index >= 15 is 0 Å². The Morgan fingerprint density at radius 3 is 2.16 bits per heavy atom. The predicted octanol–water partition coefficient (Wildman–Crippen LogP) is 5.50. The van der Waals surface area contributed by atoms with E-state index in [1.807, 2.05) is 94.4 Å². The molecule has 0 aliphatic rings. The Morgan fingerprint density at radius 2 is 1.53 bits per heavy atom. The summed E-state index contributed by atoms with van der Waals surface area (Å²) in [5, 5.41) is 3.11. The normalized spacial score (nSPS) is 11.9.